The second-order valence-electron chi connectivity index (χ2n) is 13.0. The molecule has 2 atom stereocenters. The van der Waals surface area contributed by atoms with Crippen LogP contribution >= 0.6 is 23.2 Å². The quantitative estimate of drug-likeness (QED) is 0.190. The average Bonchev–Trinajstić information content (AvgIpc) is 3.90. The minimum Gasteiger partial charge on any atom is -0.481 e. The van der Waals surface area contributed by atoms with E-state index in [1.54, 1.807) is 42.1 Å². The molecule has 13 nitrogen and oxygen atoms in total. The van der Waals surface area contributed by atoms with Gasteiger partial charge in [-0.1, -0.05) is 41.4 Å². The van der Waals surface area contributed by atoms with Crippen LogP contribution in [0.1, 0.15) is 46.8 Å². The van der Waals surface area contributed by atoms with Crippen molar-refractivity contribution in [3.8, 4) is 28.4 Å². The zero-order chi connectivity index (χ0) is 35.6. The van der Waals surface area contributed by atoms with Gasteiger partial charge in [-0.3, -0.25) is 19.4 Å². The Morgan fingerprint density at radius 2 is 1.92 bits per heavy atom. The van der Waals surface area contributed by atoms with Crippen LogP contribution in [0.15, 0.2) is 42.6 Å². The first-order valence-corrected chi connectivity index (χ1v) is 17.8. The Kier molecular flexibility index (Phi) is 10.2. The first-order valence-electron chi connectivity index (χ1n) is 17.0. The van der Waals surface area contributed by atoms with E-state index in [2.05, 4.69) is 31.2 Å². The second kappa shape index (κ2) is 15.0. The zero-order valence-corrected chi connectivity index (χ0v) is 29.9. The number of carbonyl (C=O) groups is 3. The Balaban J connectivity index is 1.07. The molecule has 0 bridgehead atoms. The van der Waals surface area contributed by atoms with E-state index in [-0.39, 0.29) is 34.6 Å². The highest BCUT2D eigenvalue weighted by Crippen LogP contribution is 2.40. The molecular formula is C36H39Cl2N9O4. The van der Waals surface area contributed by atoms with Crippen molar-refractivity contribution >= 4 is 46.6 Å². The van der Waals surface area contributed by atoms with Gasteiger partial charge in [0, 0.05) is 80.7 Å². The highest BCUT2D eigenvalue weighted by Gasteiger charge is 2.32. The van der Waals surface area contributed by atoms with Crippen LogP contribution in [-0.4, -0.2) is 81.5 Å². The van der Waals surface area contributed by atoms with Crippen molar-refractivity contribution in [3.63, 3.8) is 0 Å². The third-order valence-electron chi connectivity index (χ3n) is 9.77. The molecule has 4 aromatic rings. The molecule has 7 rings (SSSR count). The highest BCUT2D eigenvalue weighted by molar-refractivity contribution is 6.39. The summed E-state index contributed by atoms with van der Waals surface area (Å²) in [5, 5.41) is 13.1. The summed E-state index contributed by atoms with van der Waals surface area (Å²) in [5.41, 5.74) is 5.09. The maximum absolute atomic E-state index is 13.6. The Bertz CT molecular complexity index is 2000. The number of rotatable bonds is 10. The van der Waals surface area contributed by atoms with E-state index in [0.717, 1.165) is 36.3 Å². The van der Waals surface area contributed by atoms with Crippen LogP contribution in [0.4, 0.5) is 5.69 Å². The number of benzene rings is 1. The fraction of sp³-hybridized carbons (Fsp3) is 0.389. The van der Waals surface area contributed by atoms with Gasteiger partial charge in [-0.15, -0.1) is 0 Å². The smallest absolute Gasteiger partial charge is 0.291 e. The lowest BCUT2D eigenvalue weighted by Gasteiger charge is -2.28. The van der Waals surface area contributed by atoms with Crippen LogP contribution in [-0.2, 0) is 36.1 Å². The number of aromatic nitrogens is 4. The largest absolute Gasteiger partial charge is 0.481 e. The molecule has 0 spiro atoms. The monoisotopic (exact) mass is 731 g/mol. The molecule has 2 saturated heterocycles. The molecule has 0 aliphatic carbocycles. The van der Waals surface area contributed by atoms with Gasteiger partial charge in [0.15, 0.2) is 5.82 Å². The maximum atomic E-state index is 13.6. The predicted octanol–water partition coefficient (Wildman–Crippen LogP) is 3.97. The molecule has 266 valence electrons. The van der Waals surface area contributed by atoms with Crippen molar-refractivity contribution in [2.24, 2.45) is 13.0 Å². The number of anilines is 1. The van der Waals surface area contributed by atoms with Crippen molar-refractivity contribution in [2.45, 2.75) is 44.8 Å². The standard InChI is InChI=1S/C36H39Cl2N9O4/c1-46-28-12-15-47(36(50)21-10-13-39-17-21)19-27(28)43-33(46)34(49)44-26-5-3-4-24(30(26)37)32-31(38)23(11-14-41-32)25-8-6-20(35(45-25)51-2)16-40-18-22-7-9-29(48)42-22/h3-6,8,11,14,21-22,39-40H,7,9-10,12-13,15-19H2,1-2H3,(H,42,48)(H,44,49)/t21-,22-/m0/s1. The molecule has 3 aromatic heterocycles. The number of hydrogen-bond acceptors (Lipinski definition) is 9. The van der Waals surface area contributed by atoms with Crippen LogP contribution in [0.2, 0.25) is 10.0 Å². The summed E-state index contributed by atoms with van der Waals surface area (Å²) in [7, 11) is 3.38. The topological polar surface area (TPSA) is 155 Å². The van der Waals surface area contributed by atoms with Crippen molar-refractivity contribution < 1.29 is 19.1 Å². The van der Waals surface area contributed by atoms with E-state index in [0.29, 0.717) is 84.7 Å². The second-order valence-corrected chi connectivity index (χ2v) is 13.8. The van der Waals surface area contributed by atoms with Gasteiger partial charge < -0.3 is 35.5 Å². The van der Waals surface area contributed by atoms with Crippen molar-refractivity contribution in [1.29, 1.82) is 0 Å². The summed E-state index contributed by atoms with van der Waals surface area (Å²) in [4.78, 5) is 53.9. The number of halogens is 2. The normalized spacial score (nSPS) is 18.4. The molecule has 0 saturated carbocycles. The number of nitrogens with zero attached hydrogens (tertiary/aromatic N) is 5. The van der Waals surface area contributed by atoms with Gasteiger partial charge in [0.25, 0.3) is 5.91 Å². The number of amides is 3. The van der Waals surface area contributed by atoms with Crippen molar-refractivity contribution in [1.82, 2.24) is 40.4 Å². The van der Waals surface area contributed by atoms with Gasteiger partial charge in [-0.2, -0.15) is 0 Å². The van der Waals surface area contributed by atoms with Gasteiger partial charge >= 0.3 is 0 Å². The minimum atomic E-state index is -0.421. The molecule has 3 aliphatic heterocycles. The Hall–Kier alpha value is -4.56. The summed E-state index contributed by atoms with van der Waals surface area (Å²) in [6.45, 7) is 3.69. The summed E-state index contributed by atoms with van der Waals surface area (Å²) >= 11 is 13.9. The molecule has 3 amide bonds. The molecule has 15 heteroatoms. The van der Waals surface area contributed by atoms with E-state index in [4.69, 9.17) is 32.9 Å². The Morgan fingerprint density at radius 3 is 2.69 bits per heavy atom. The number of methoxy groups -OCH3 is 1. The number of fused-ring (bicyclic) bond motifs is 1. The van der Waals surface area contributed by atoms with E-state index >= 15 is 0 Å². The summed E-state index contributed by atoms with van der Waals surface area (Å²) in [6.07, 6.45) is 4.46. The number of ether oxygens (including phenoxy) is 1. The van der Waals surface area contributed by atoms with Crippen molar-refractivity contribution in [2.75, 3.05) is 38.6 Å². The third kappa shape index (κ3) is 7.16. The molecule has 0 unspecified atom stereocenters. The molecule has 6 heterocycles. The van der Waals surface area contributed by atoms with Crippen LogP contribution < -0.4 is 26.0 Å². The van der Waals surface area contributed by atoms with Gasteiger partial charge in [-0.25, -0.2) is 9.97 Å². The number of imidazole rings is 1. The SMILES string of the molecule is COc1nc(-c2ccnc(-c3cccc(NC(=O)c4nc5c(n4C)CCN(C(=O)[C@H]4CCNC4)C5)c3Cl)c2Cl)ccc1CNC[C@@H]1CCC(=O)N1. The Morgan fingerprint density at radius 1 is 1.06 bits per heavy atom. The summed E-state index contributed by atoms with van der Waals surface area (Å²) < 4.78 is 7.41. The molecule has 4 N–H and O–H groups in total. The number of carbonyl (C=O) groups excluding carboxylic acids is 3. The number of hydrogen-bond donors (Lipinski definition) is 4. The predicted molar refractivity (Wildman–Crippen MR) is 194 cm³/mol. The third-order valence-corrected chi connectivity index (χ3v) is 10.6. The van der Waals surface area contributed by atoms with Gasteiger partial charge in [0.05, 0.1) is 52.4 Å². The maximum Gasteiger partial charge on any atom is 0.291 e. The van der Waals surface area contributed by atoms with Gasteiger partial charge in [0.2, 0.25) is 17.7 Å². The van der Waals surface area contributed by atoms with Gasteiger partial charge in [0.1, 0.15) is 0 Å². The Labute approximate surface area is 305 Å². The first kappa shape index (κ1) is 34.9. The first-order chi connectivity index (χ1) is 24.7. The van der Waals surface area contributed by atoms with E-state index in [9.17, 15) is 14.4 Å². The minimum absolute atomic E-state index is 0.0113. The summed E-state index contributed by atoms with van der Waals surface area (Å²) in [5.74, 6) is 0.474. The van der Waals surface area contributed by atoms with Crippen LogP contribution in [0.25, 0.3) is 22.5 Å². The lowest BCUT2D eigenvalue weighted by atomic mass is 10.0. The highest BCUT2D eigenvalue weighted by atomic mass is 35.5. The zero-order valence-electron chi connectivity index (χ0n) is 28.4. The lowest BCUT2D eigenvalue weighted by Crippen LogP contribution is -2.40. The molecule has 2 fully saturated rings. The molecular weight excluding hydrogens is 693 g/mol. The van der Waals surface area contributed by atoms with Crippen LogP contribution in [0, 0.1) is 5.92 Å². The van der Waals surface area contributed by atoms with E-state index in [1.807, 2.05) is 24.1 Å². The molecule has 3 aliphatic rings. The average molecular weight is 733 g/mol. The lowest BCUT2D eigenvalue weighted by molar-refractivity contribution is -0.136. The van der Waals surface area contributed by atoms with E-state index in [1.165, 1.54) is 0 Å². The number of pyridine rings is 2. The van der Waals surface area contributed by atoms with Crippen LogP contribution in [0.3, 0.4) is 0 Å². The number of nitrogens with one attached hydrogen (secondary N) is 4. The fourth-order valence-electron chi connectivity index (χ4n) is 7.00. The molecule has 51 heavy (non-hydrogen) atoms. The summed E-state index contributed by atoms with van der Waals surface area (Å²) in [6, 6.07) is 11.0. The fourth-order valence-corrected chi connectivity index (χ4v) is 7.58. The van der Waals surface area contributed by atoms with Crippen LogP contribution in [0.5, 0.6) is 5.88 Å². The molecule has 1 aromatic carbocycles. The van der Waals surface area contributed by atoms with Crippen molar-refractivity contribution in [3.05, 3.63) is 75.4 Å². The van der Waals surface area contributed by atoms with Gasteiger partial charge in [-0.05, 0) is 37.6 Å². The molecule has 0 radical (unpaired) electrons. The van der Waals surface area contributed by atoms with E-state index < -0.39 is 5.91 Å².